The van der Waals surface area contributed by atoms with E-state index in [2.05, 4.69) is 54.1 Å². The highest BCUT2D eigenvalue weighted by Crippen LogP contribution is 2.16. The van der Waals surface area contributed by atoms with Gasteiger partial charge in [-0.05, 0) is 26.0 Å². The van der Waals surface area contributed by atoms with Gasteiger partial charge in [-0.3, -0.25) is 0 Å². The second-order valence-corrected chi connectivity index (χ2v) is 3.96. The number of nitrogens with zero attached hydrogens (tertiary/aromatic N) is 3. The van der Waals surface area contributed by atoms with E-state index in [4.69, 9.17) is 0 Å². The van der Waals surface area contributed by atoms with Crippen molar-refractivity contribution in [3.05, 3.63) is 43.6 Å². The monoisotopic (exact) mass is 244 g/mol. The molecule has 3 heteroatoms. The van der Waals surface area contributed by atoms with E-state index in [0.29, 0.717) is 0 Å². The van der Waals surface area contributed by atoms with E-state index < -0.39 is 0 Å². The van der Waals surface area contributed by atoms with Crippen molar-refractivity contribution in [2.24, 2.45) is 0 Å². The molecule has 0 saturated carbocycles. The summed E-state index contributed by atoms with van der Waals surface area (Å²) in [6.45, 7) is 15.2. The predicted octanol–water partition coefficient (Wildman–Crippen LogP) is 2.91. The molecule has 0 bridgehead atoms. The fourth-order valence-corrected chi connectivity index (χ4v) is 1.79. The van der Waals surface area contributed by atoms with Crippen LogP contribution < -0.4 is 9.80 Å². The first-order valence-corrected chi connectivity index (χ1v) is 6.37. The fraction of sp³-hybridized carbons (Fsp3) is 0.400. The zero-order chi connectivity index (χ0) is 13.4. The average molecular weight is 244 g/mol. The van der Waals surface area contributed by atoms with Gasteiger partial charge in [0.05, 0.1) is 5.69 Å². The molecular weight excluding hydrogens is 222 g/mol. The molecule has 97 valence electrons. The van der Waals surface area contributed by atoms with Crippen LogP contribution in [0.25, 0.3) is 0 Å². The van der Waals surface area contributed by atoms with Gasteiger partial charge in [-0.25, -0.2) is 4.98 Å². The number of anilines is 2. The van der Waals surface area contributed by atoms with Crippen molar-refractivity contribution < 1.29 is 0 Å². The Hall–Kier alpha value is -1.77. The largest absolute Gasteiger partial charge is 0.366 e. The Morgan fingerprint density at radius 2 is 1.72 bits per heavy atom. The van der Waals surface area contributed by atoms with Gasteiger partial charge in [-0.15, -0.1) is 13.2 Å². The minimum absolute atomic E-state index is 0.806. The molecule has 0 atom stereocenters. The number of pyridine rings is 1. The van der Waals surface area contributed by atoms with Gasteiger partial charge in [0.15, 0.2) is 0 Å². The maximum atomic E-state index is 4.40. The quantitative estimate of drug-likeness (QED) is 0.655. The molecule has 1 heterocycles. The highest BCUT2D eigenvalue weighted by molar-refractivity contribution is 5.50. The number of rotatable bonds is 8. The van der Waals surface area contributed by atoms with Crippen LogP contribution in [0, 0.1) is 6.20 Å². The van der Waals surface area contributed by atoms with Gasteiger partial charge in [0.2, 0.25) is 0 Å². The summed E-state index contributed by atoms with van der Waals surface area (Å²) in [5.74, 6) is 0.941. The molecule has 1 aromatic rings. The Morgan fingerprint density at radius 3 is 2.17 bits per heavy atom. The van der Waals surface area contributed by atoms with Crippen LogP contribution in [0.1, 0.15) is 13.8 Å². The molecule has 0 aromatic carbocycles. The molecule has 18 heavy (non-hydrogen) atoms. The van der Waals surface area contributed by atoms with E-state index >= 15 is 0 Å². The molecule has 1 radical (unpaired) electrons. The van der Waals surface area contributed by atoms with Crippen molar-refractivity contribution in [3.8, 4) is 0 Å². The molecule has 0 aliphatic carbocycles. The van der Waals surface area contributed by atoms with Gasteiger partial charge >= 0.3 is 0 Å². The van der Waals surface area contributed by atoms with E-state index in [0.717, 1.165) is 37.7 Å². The summed E-state index contributed by atoms with van der Waals surface area (Å²) in [6, 6.07) is 4.09. The summed E-state index contributed by atoms with van der Waals surface area (Å²) in [5.41, 5.74) is 1.01. The standard InChI is InChI=1S/C15H22N3/c1-5-11-17(7-3)14-9-10-15(16-13-14)18(8-4)12-6-2/h5-6,9-10H,1-2,7-8,11-12H2,3-4H3. The summed E-state index contributed by atoms with van der Waals surface area (Å²) < 4.78 is 0. The minimum Gasteiger partial charge on any atom is -0.366 e. The van der Waals surface area contributed by atoms with Gasteiger partial charge in [-0.1, -0.05) is 12.2 Å². The number of aromatic nitrogens is 1. The van der Waals surface area contributed by atoms with Crippen LogP contribution in [-0.2, 0) is 0 Å². The topological polar surface area (TPSA) is 19.4 Å². The Bertz CT molecular complexity index is 333. The maximum absolute atomic E-state index is 4.40. The van der Waals surface area contributed by atoms with Crippen molar-refractivity contribution in [1.82, 2.24) is 4.98 Å². The number of likely N-dealkylation sites (N-methyl/N-ethyl adjacent to an activating group) is 2. The molecule has 0 amide bonds. The molecule has 0 saturated heterocycles. The highest BCUT2D eigenvalue weighted by Gasteiger charge is 2.06. The first kappa shape index (κ1) is 14.3. The van der Waals surface area contributed by atoms with E-state index in [-0.39, 0.29) is 0 Å². The third kappa shape index (κ3) is 3.62. The lowest BCUT2D eigenvalue weighted by Gasteiger charge is -2.23. The second-order valence-electron chi connectivity index (χ2n) is 3.96. The van der Waals surface area contributed by atoms with Crippen molar-refractivity contribution in [1.29, 1.82) is 0 Å². The summed E-state index contributed by atoms with van der Waals surface area (Å²) in [7, 11) is 0. The SMILES string of the molecule is C=CCN(CC)c1[c]nc(N(CC)CC=C)cc1. The third-order valence-electron chi connectivity index (χ3n) is 2.80. The maximum Gasteiger partial charge on any atom is 0.129 e. The van der Waals surface area contributed by atoms with Gasteiger partial charge < -0.3 is 9.80 Å². The summed E-state index contributed by atoms with van der Waals surface area (Å²) >= 11 is 0. The van der Waals surface area contributed by atoms with Crippen LogP contribution in [0.5, 0.6) is 0 Å². The van der Waals surface area contributed by atoms with Gasteiger partial charge in [0.1, 0.15) is 12.0 Å². The van der Waals surface area contributed by atoms with Crippen LogP contribution in [0.2, 0.25) is 0 Å². The van der Waals surface area contributed by atoms with Crippen molar-refractivity contribution in [2.75, 3.05) is 36.0 Å². The van der Waals surface area contributed by atoms with Crippen molar-refractivity contribution in [2.45, 2.75) is 13.8 Å². The Morgan fingerprint density at radius 1 is 1.11 bits per heavy atom. The van der Waals surface area contributed by atoms with Gasteiger partial charge in [-0.2, -0.15) is 0 Å². The highest BCUT2D eigenvalue weighted by atomic mass is 15.2. The predicted molar refractivity (Wildman–Crippen MR) is 79.2 cm³/mol. The zero-order valence-electron chi connectivity index (χ0n) is 11.4. The van der Waals surface area contributed by atoms with Crippen LogP contribution in [0.4, 0.5) is 11.5 Å². The molecule has 1 rings (SSSR count). The molecule has 1 aromatic heterocycles. The van der Waals surface area contributed by atoms with Gasteiger partial charge in [0, 0.05) is 26.2 Å². The lowest BCUT2D eigenvalue weighted by molar-refractivity contribution is 0.870. The first-order valence-electron chi connectivity index (χ1n) is 6.37. The summed E-state index contributed by atoms with van der Waals surface area (Å²) in [6.07, 6.45) is 6.87. The van der Waals surface area contributed by atoms with E-state index in [1.54, 1.807) is 0 Å². The molecule has 0 N–H and O–H groups in total. The Labute approximate surface area is 110 Å². The minimum atomic E-state index is 0.806. The molecule has 0 aliphatic rings. The van der Waals surface area contributed by atoms with Crippen molar-refractivity contribution >= 4 is 11.5 Å². The Balaban J connectivity index is 2.83. The number of hydrogen-bond donors (Lipinski definition) is 0. The number of hydrogen-bond acceptors (Lipinski definition) is 3. The fourth-order valence-electron chi connectivity index (χ4n) is 1.79. The lowest BCUT2D eigenvalue weighted by atomic mass is 10.3. The Kier molecular flexibility index (Phi) is 5.98. The summed E-state index contributed by atoms with van der Waals surface area (Å²) in [4.78, 5) is 8.72. The molecular formula is C15H22N3. The molecule has 0 fully saturated rings. The van der Waals surface area contributed by atoms with Crippen LogP contribution in [0.15, 0.2) is 37.4 Å². The van der Waals surface area contributed by atoms with E-state index in [9.17, 15) is 0 Å². The first-order chi connectivity index (χ1) is 8.76. The van der Waals surface area contributed by atoms with E-state index in [1.165, 1.54) is 0 Å². The average Bonchev–Trinajstić information content (AvgIpc) is 2.42. The lowest BCUT2D eigenvalue weighted by Crippen LogP contribution is -2.25. The van der Waals surface area contributed by atoms with Crippen LogP contribution >= 0.6 is 0 Å². The van der Waals surface area contributed by atoms with E-state index in [1.807, 2.05) is 18.2 Å². The molecule has 0 unspecified atom stereocenters. The van der Waals surface area contributed by atoms with Crippen LogP contribution in [-0.4, -0.2) is 31.2 Å². The van der Waals surface area contributed by atoms with Crippen molar-refractivity contribution in [3.63, 3.8) is 0 Å². The van der Waals surface area contributed by atoms with Crippen LogP contribution in [0.3, 0.4) is 0 Å². The molecule has 0 aliphatic heterocycles. The zero-order valence-corrected chi connectivity index (χ0v) is 11.4. The smallest absolute Gasteiger partial charge is 0.129 e. The summed E-state index contributed by atoms with van der Waals surface area (Å²) in [5, 5.41) is 0. The molecule has 0 spiro atoms. The molecule has 3 nitrogen and oxygen atoms in total. The normalized spacial score (nSPS) is 9.89. The second kappa shape index (κ2) is 7.54. The third-order valence-corrected chi connectivity index (χ3v) is 2.80. The van der Waals surface area contributed by atoms with Gasteiger partial charge in [0.25, 0.3) is 0 Å².